The molecule has 5 heteroatoms. The third-order valence-electron chi connectivity index (χ3n) is 5.50. The van der Waals surface area contributed by atoms with Crippen molar-refractivity contribution in [3.63, 3.8) is 0 Å². The van der Waals surface area contributed by atoms with Gasteiger partial charge in [-0.05, 0) is 85.7 Å². The molecule has 3 rings (SSSR count). The lowest BCUT2D eigenvalue weighted by atomic mass is 9.78. The van der Waals surface area contributed by atoms with E-state index < -0.39 is 7.12 Å². The standard InChI is InChI=1S/C26H31BO4/c1-18(14-22-15-19(2)26(28)20(3)16-22)10-11-25-24(12-13-27(29)31-25)21(4)17-30-23-8-6-5-7-9-23/h5-9,12,14-16,25,28-29H,4,10-11,13,17H2,1-3H3/b18-14+. The third-order valence-corrected chi connectivity index (χ3v) is 5.50. The number of para-hydroxylation sites is 1. The highest BCUT2D eigenvalue weighted by molar-refractivity contribution is 6.43. The molecule has 0 bridgehead atoms. The van der Waals surface area contributed by atoms with Crippen molar-refractivity contribution < 1.29 is 19.5 Å². The molecular weight excluding hydrogens is 387 g/mol. The number of benzene rings is 2. The van der Waals surface area contributed by atoms with Crippen molar-refractivity contribution in [2.45, 2.75) is 46.0 Å². The maximum Gasteiger partial charge on any atom is 0.458 e. The van der Waals surface area contributed by atoms with E-state index >= 15 is 0 Å². The van der Waals surface area contributed by atoms with Gasteiger partial charge < -0.3 is 19.5 Å². The second kappa shape index (κ2) is 10.5. The summed E-state index contributed by atoms with van der Waals surface area (Å²) in [6.07, 6.45) is 5.95. The summed E-state index contributed by atoms with van der Waals surface area (Å²) in [7, 11) is -0.789. The molecule has 0 radical (unpaired) electrons. The summed E-state index contributed by atoms with van der Waals surface area (Å²) in [6.45, 7) is 10.5. The van der Waals surface area contributed by atoms with Crippen LogP contribution in [0.25, 0.3) is 6.08 Å². The van der Waals surface area contributed by atoms with Gasteiger partial charge in [-0.1, -0.05) is 42.5 Å². The van der Waals surface area contributed by atoms with E-state index in [9.17, 15) is 10.1 Å². The molecule has 0 amide bonds. The van der Waals surface area contributed by atoms with Crippen molar-refractivity contribution in [3.8, 4) is 11.5 Å². The van der Waals surface area contributed by atoms with Crippen molar-refractivity contribution in [1.29, 1.82) is 0 Å². The fourth-order valence-electron chi connectivity index (χ4n) is 3.83. The first-order valence-electron chi connectivity index (χ1n) is 10.7. The van der Waals surface area contributed by atoms with Gasteiger partial charge in [-0.3, -0.25) is 0 Å². The fraction of sp³-hybridized carbons (Fsp3) is 0.308. The number of phenols is 1. The highest BCUT2D eigenvalue weighted by Gasteiger charge is 2.28. The topological polar surface area (TPSA) is 58.9 Å². The summed E-state index contributed by atoms with van der Waals surface area (Å²) >= 11 is 0. The molecular formula is C26H31BO4. The number of rotatable bonds is 8. The zero-order valence-corrected chi connectivity index (χ0v) is 18.6. The molecule has 1 aliphatic rings. The minimum Gasteiger partial charge on any atom is -0.507 e. The highest BCUT2D eigenvalue weighted by Crippen LogP contribution is 2.29. The van der Waals surface area contributed by atoms with Crippen LogP contribution in [0.15, 0.2) is 71.8 Å². The molecule has 4 nitrogen and oxygen atoms in total. The maximum absolute atomic E-state index is 10.0. The second-order valence-corrected chi connectivity index (χ2v) is 8.21. The number of aromatic hydroxyl groups is 1. The maximum atomic E-state index is 10.0. The Hall–Kier alpha value is -2.76. The quantitative estimate of drug-likeness (QED) is 0.546. The van der Waals surface area contributed by atoms with Crippen LogP contribution >= 0.6 is 0 Å². The van der Waals surface area contributed by atoms with Gasteiger partial charge in [0.1, 0.15) is 18.1 Å². The monoisotopic (exact) mass is 418 g/mol. The van der Waals surface area contributed by atoms with Gasteiger partial charge in [0.2, 0.25) is 0 Å². The molecule has 162 valence electrons. The predicted molar refractivity (Wildman–Crippen MR) is 127 cm³/mol. The van der Waals surface area contributed by atoms with E-state index in [0.717, 1.165) is 46.4 Å². The first-order chi connectivity index (χ1) is 14.8. The van der Waals surface area contributed by atoms with Crippen LogP contribution in [0, 0.1) is 13.8 Å². The molecule has 2 N–H and O–H groups in total. The zero-order chi connectivity index (χ0) is 22.4. The van der Waals surface area contributed by atoms with Crippen LogP contribution in [0.2, 0.25) is 6.32 Å². The average Bonchev–Trinajstić information content (AvgIpc) is 2.75. The lowest BCUT2D eigenvalue weighted by molar-refractivity contribution is 0.181. The number of allylic oxidation sites excluding steroid dienone is 2. The van der Waals surface area contributed by atoms with Gasteiger partial charge in [-0.15, -0.1) is 0 Å². The average molecular weight is 418 g/mol. The minimum absolute atomic E-state index is 0.220. The van der Waals surface area contributed by atoms with E-state index in [1.165, 1.54) is 5.57 Å². The fourth-order valence-corrected chi connectivity index (χ4v) is 3.83. The Labute approximate surface area is 185 Å². The Kier molecular flexibility index (Phi) is 7.77. The smallest absolute Gasteiger partial charge is 0.458 e. The van der Waals surface area contributed by atoms with Crippen LogP contribution in [0.1, 0.15) is 36.5 Å². The Morgan fingerprint density at radius 1 is 1.23 bits per heavy atom. The molecule has 0 fully saturated rings. The van der Waals surface area contributed by atoms with Gasteiger partial charge in [0.25, 0.3) is 0 Å². The molecule has 0 saturated carbocycles. The third kappa shape index (κ3) is 6.36. The second-order valence-electron chi connectivity index (χ2n) is 8.21. The highest BCUT2D eigenvalue weighted by atomic mass is 16.5. The molecule has 0 saturated heterocycles. The number of aryl methyl sites for hydroxylation is 2. The molecule has 1 unspecified atom stereocenters. The Morgan fingerprint density at radius 2 is 1.90 bits per heavy atom. The molecule has 2 aromatic carbocycles. The van der Waals surface area contributed by atoms with Crippen molar-refractivity contribution in [2.24, 2.45) is 0 Å². The zero-order valence-electron chi connectivity index (χ0n) is 18.6. The lowest BCUT2D eigenvalue weighted by Gasteiger charge is -2.28. The van der Waals surface area contributed by atoms with Gasteiger partial charge in [0, 0.05) is 6.32 Å². The lowest BCUT2D eigenvalue weighted by Crippen LogP contribution is -2.32. The van der Waals surface area contributed by atoms with Crippen LogP contribution in [-0.4, -0.2) is 30.0 Å². The Morgan fingerprint density at radius 3 is 2.58 bits per heavy atom. The Bertz CT molecular complexity index is 955. The van der Waals surface area contributed by atoms with Crippen molar-refractivity contribution in [3.05, 3.63) is 88.5 Å². The summed E-state index contributed by atoms with van der Waals surface area (Å²) in [5.41, 5.74) is 5.90. The van der Waals surface area contributed by atoms with Crippen LogP contribution in [0.3, 0.4) is 0 Å². The number of hydrogen-bond donors (Lipinski definition) is 2. The molecule has 2 aromatic rings. The molecule has 1 heterocycles. The Balaban J connectivity index is 1.63. The van der Waals surface area contributed by atoms with Gasteiger partial charge in [0.15, 0.2) is 0 Å². The van der Waals surface area contributed by atoms with E-state index in [4.69, 9.17) is 9.39 Å². The predicted octanol–water partition coefficient (Wildman–Crippen LogP) is 5.63. The van der Waals surface area contributed by atoms with Gasteiger partial charge in [0.05, 0.1) is 6.10 Å². The van der Waals surface area contributed by atoms with Crippen molar-refractivity contribution in [1.82, 2.24) is 0 Å². The summed E-state index contributed by atoms with van der Waals surface area (Å²) in [5, 5.41) is 20.0. The molecule has 0 aliphatic carbocycles. The summed E-state index contributed by atoms with van der Waals surface area (Å²) in [6, 6.07) is 13.6. The van der Waals surface area contributed by atoms with Gasteiger partial charge in [-0.25, -0.2) is 0 Å². The van der Waals surface area contributed by atoms with Crippen molar-refractivity contribution >= 4 is 13.2 Å². The van der Waals surface area contributed by atoms with E-state index in [0.29, 0.717) is 18.7 Å². The molecule has 0 aromatic heterocycles. The van der Waals surface area contributed by atoms with Crippen LogP contribution < -0.4 is 4.74 Å². The van der Waals surface area contributed by atoms with Crippen molar-refractivity contribution in [2.75, 3.05) is 6.61 Å². The van der Waals surface area contributed by atoms with Crippen LogP contribution in [0.4, 0.5) is 0 Å². The summed E-state index contributed by atoms with van der Waals surface area (Å²) < 4.78 is 11.7. The van der Waals surface area contributed by atoms with Gasteiger partial charge in [-0.2, -0.15) is 0 Å². The summed E-state index contributed by atoms with van der Waals surface area (Å²) in [4.78, 5) is 0. The molecule has 1 aliphatic heterocycles. The normalized spacial score (nSPS) is 16.8. The van der Waals surface area contributed by atoms with E-state index in [-0.39, 0.29) is 6.10 Å². The minimum atomic E-state index is -0.789. The number of ether oxygens (including phenoxy) is 1. The van der Waals surface area contributed by atoms with Crippen LogP contribution in [-0.2, 0) is 4.65 Å². The van der Waals surface area contributed by atoms with E-state index in [1.807, 2.05) is 62.4 Å². The number of phenolic OH excluding ortho intramolecular Hbond substituents is 1. The van der Waals surface area contributed by atoms with E-state index in [1.54, 1.807) is 0 Å². The molecule has 31 heavy (non-hydrogen) atoms. The van der Waals surface area contributed by atoms with Crippen LogP contribution in [0.5, 0.6) is 11.5 Å². The first kappa shape index (κ1) is 22.9. The number of hydrogen-bond acceptors (Lipinski definition) is 4. The van der Waals surface area contributed by atoms with Gasteiger partial charge >= 0.3 is 7.12 Å². The SMILES string of the molecule is C=C(COc1ccccc1)C1=CCB(O)OC1CC/C(C)=C/c1cc(C)c(O)c(C)c1. The van der Waals surface area contributed by atoms with E-state index in [2.05, 4.69) is 19.6 Å². The molecule has 0 spiro atoms. The molecule has 1 atom stereocenters. The summed E-state index contributed by atoms with van der Waals surface area (Å²) in [5.74, 6) is 1.15. The first-order valence-corrected chi connectivity index (χ1v) is 10.7. The largest absolute Gasteiger partial charge is 0.507 e.